The van der Waals surface area contributed by atoms with Gasteiger partial charge in [0.15, 0.2) is 0 Å². The molecule has 1 N–H and O–H groups in total. The predicted octanol–water partition coefficient (Wildman–Crippen LogP) is 4.33. The van der Waals surface area contributed by atoms with E-state index in [1.54, 1.807) is 37.7 Å². The van der Waals surface area contributed by atoms with Crippen LogP contribution < -0.4 is 10.1 Å². The van der Waals surface area contributed by atoms with Crippen LogP contribution in [0, 0.1) is 0 Å². The fourth-order valence-electron chi connectivity index (χ4n) is 4.38. The number of aromatic nitrogens is 4. The highest BCUT2D eigenvalue weighted by molar-refractivity contribution is 6.32. The lowest BCUT2D eigenvalue weighted by molar-refractivity contribution is -0.0303. The molecule has 4 heterocycles. The number of amides is 1. The van der Waals surface area contributed by atoms with E-state index < -0.39 is 0 Å². The summed E-state index contributed by atoms with van der Waals surface area (Å²) in [5.74, 6) is 0.867. The highest BCUT2D eigenvalue weighted by Crippen LogP contribution is 2.32. The summed E-state index contributed by atoms with van der Waals surface area (Å²) in [4.78, 5) is 23.9. The molecule has 0 radical (unpaired) electrons. The van der Waals surface area contributed by atoms with Gasteiger partial charge in [0.2, 0.25) is 5.95 Å². The minimum atomic E-state index is -0.0164. The zero-order chi connectivity index (χ0) is 23.8. The van der Waals surface area contributed by atoms with Crippen LogP contribution in [0.3, 0.4) is 0 Å². The number of methoxy groups -OCH3 is 1. The number of carbonyl (C=O) groups is 1. The maximum Gasteiger partial charge on any atom is 0.254 e. The standard InChI is InChI=1S/C24H27ClN6O3/c1-14(2)31-11-16(9-27-31)22-19(25)10-26-24(29-22)28-20-7-4-15(8-21(20)33-3)23(32)30-12-17-5-6-18(13-30)34-17/h4,7-11,14,17-18H,5-6,12-13H2,1-3H3,(H,26,28,29). The first-order valence-electron chi connectivity index (χ1n) is 11.4. The number of likely N-dealkylation sites (tertiary alicyclic amines) is 1. The number of fused-ring (bicyclic) bond motifs is 2. The molecule has 3 aromatic rings. The Morgan fingerprint density at radius 2 is 2.00 bits per heavy atom. The number of ether oxygens (including phenoxy) is 2. The lowest BCUT2D eigenvalue weighted by Crippen LogP contribution is -2.45. The van der Waals surface area contributed by atoms with Gasteiger partial charge < -0.3 is 19.7 Å². The van der Waals surface area contributed by atoms with Gasteiger partial charge in [-0.05, 0) is 44.9 Å². The van der Waals surface area contributed by atoms with E-state index in [4.69, 9.17) is 21.1 Å². The third-order valence-electron chi connectivity index (χ3n) is 6.17. The van der Waals surface area contributed by atoms with Crippen molar-refractivity contribution in [2.45, 2.75) is 44.9 Å². The van der Waals surface area contributed by atoms with Crippen LogP contribution in [0.4, 0.5) is 11.6 Å². The van der Waals surface area contributed by atoms with E-state index in [1.165, 1.54) is 0 Å². The molecule has 0 saturated carbocycles. The summed E-state index contributed by atoms with van der Waals surface area (Å²) in [7, 11) is 1.57. The summed E-state index contributed by atoms with van der Waals surface area (Å²) in [5.41, 5.74) is 2.60. The van der Waals surface area contributed by atoms with Gasteiger partial charge in [-0.15, -0.1) is 0 Å². The van der Waals surface area contributed by atoms with Crippen LogP contribution in [0.25, 0.3) is 11.3 Å². The van der Waals surface area contributed by atoms with Crippen LogP contribution in [0.1, 0.15) is 43.1 Å². The highest BCUT2D eigenvalue weighted by Gasteiger charge is 2.36. The van der Waals surface area contributed by atoms with Gasteiger partial charge in [-0.2, -0.15) is 5.10 Å². The summed E-state index contributed by atoms with van der Waals surface area (Å²) in [5, 5.41) is 7.98. The molecule has 0 aliphatic carbocycles. The van der Waals surface area contributed by atoms with Gasteiger partial charge in [-0.1, -0.05) is 11.6 Å². The Bertz CT molecular complexity index is 1200. The van der Waals surface area contributed by atoms with E-state index in [1.807, 2.05) is 15.8 Å². The number of nitrogens with zero attached hydrogens (tertiary/aromatic N) is 5. The summed E-state index contributed by atoms with van der Waals surface area (Å²) in [6, 6.07) is 5.56. The second-order valence-electron chi connectivity index (χ2n) is 8.90. The van der Waals surface area contributed by atoms with Gasteiger partial charge in [0.25, 0.3) is 5.91 Å². The zero-order valence-corrected chi connectivity index (χ0v) is 20.1. The van der Waals surface area contributed by atoms with Crippen LogP contribution in [0.2, 0.25) is 5.02 Å². The Morgan fingerprint density at radius 1 is 1.24 bits per heavy atom. The van der Waals surface area contributed by atoms with Crippen LogP contribution in [-0.4, -0.2) is 63.0 Å². The summed E-state index contributed by atoms with van der Waals surface area (Å²) >= 11 is 6.37. The van der Waals surface area contributed by atoms with Crippen molar-refractivity contribution in [1.29, 1.82) is 0 Å². The second kappa shape index (κ2) is 9.23. The normalized spacial score (nSPS) is 19.5. The zero-order valence-electron chi connectivity index (χ0n) is 19.4. The number of hydrogen-bond donors (Lipinski definition) is 1. The van der Waals surface area contributed by atoms with Crippen molar-refractivity contribution in [2.24, 2.45) is 0 Å². The van der Waals surface area contributed by atoms with Crippen molar-refractivity contribution in [3.05, 3.63) is 47.4 Å². The van der Waals surface area contributed by atoms with Gasteiger partial charge in [0, 0.05) is 36.5 Å². The Labute approximate surface area is 203 Å². The Hall–Kier alpha value is -3.17. The van der Waals surface area contributed by atoms with Crippen molar-refractivity contribution in [3.8, 4) is 17.0 Å². The fourth-order valence-corrected chi connectivity index (χ4v) is 4.58. The van der Waals surface area contributed by atoms with Crippen LogP contribution in [0.5, 0.6) is 5.75 Å². The number of hydrogen-bond acceptors (Lipinski definition) is 7. The molecule has 178 valence electrons. The Morgan fingerprint density at radius 3 is 2.68 bits per heavy atom. The topological polar surface area (TPSA) is 94.4 Å². The molecule has 0 spiro atoms. The summed E-state index contributed by atoms with van der Waals surface area (Å²) in [6.07, 6.45) is 7.52. The first-order chi connectivity index (χ1) is 16.4. The number of nitrogens with one attached hydrogen (secondary N) is 1. The SMILES string of the molecule is COc1cc(C(=O)N2CC3CCC(C2)O3)ccc1Nc1ncc(Cl)c(-c2cnn(C(C)C)c2)n1. The molecule has 2 fully saturated rings. The number of carbonyl (C=O) groups excluding carboxylic acids is 1. The number of benzene rings is 1. The Balaban J connectivity index is 1.36. The Kier molecular flexibility index (Phi) is 6.14. The van der Waals surface area contributed by atoms with Crippen LogP contribution >= 0.6 is 11.6 Å². The fraction of sp³-hybridized carbons (Fsp3) is 0.417. The van der Waals surface area contributed by atoms with Gasteiger partial charge >= 0.3 is 0 Å². The molecular formula is C24H27ClN6O3. The van der Waals surface area contributed by atoms with E-state index in [2.05, 4.69) is 34.2 Å². The van der Waals surface area contributed by atoms with Crippen LogP contribution in [0.15, 0.2) is 36.8 Å². The predicted molar refractivity (Wildman–Crippen MR) is 129 cm³/mol. The largest absolute Gasteiger partial charge is 0.495 e. The average Bonchev–Trinajstić information content (AvgIpc) is 3.46. The molecule has 1 aromatic carbocycles. The van der Waals surface area contributed by atoms with E-state index in [9.17, 15) is 4.79 Å². The first-order valence-corrected chi connectivity index (χ1v) is 11.8. The average molecular weight is 483 g/mol. The van der Waals surface area contributed by atoms with Crippen molar-refractivity contribution in [1.82, 2.24) is 24.6 Å². The molecule has 5 rings (SSSR count). The van der Waals surface area contributed by atoms with E-state index in [0.717, 1.165) is 18.4 Å². The summed E-state index contributed by atoms with van der Waals surface area (Å²) < 4.78 is 13.3. The minimum Gasteiger partial charge on any atom is -0.495 e. The number of anilines is 2. The molecule has 1 amide bonds. The molecule has 10 heteroatoms. The van der Waals surface area contributed by atoms with Crippen molar-refractivity contribution in [2.75, 3.05) is 25.5 Å². The molecular weight excluding hydrogens is 456 g/mol. The maximum absolute atomic E-state index is 13.1. The second-order valence-corrected chi connectivity index (χ2v) is 9.31. The molecule has 2 unspecified atom stereocenters. The lowest BCUT2D eigenvalue weighted by Gasteiger charge is -2.32. The van der Waals surface area contributed by atoms with E-state index in [-0.39, 0.29) is 24.2 Å². The number of halogens is 1. The van der Waals surface area contributed by atoms with E-state index >= 15 is 0 Å². The molecule has 34 heavy (non-hydrogen) atoms. The van der Waals surface area contributed by atoms with Gasteiger partial charge in [0.05, 0.1) is 48.1 Å². The molecule has 2 aliphatic heterocycles. The quantitative estimate of drug-likeness (QED) is 0.558. The first kappa shape index (κ1) is 22.6. The van der Waals surface area contributed by atoms with Crippen molar-refractivity contribution >= 4 is 29.1 Å². The molecule has 9 nitrogen and oxygen atoms in total. The molecule has 2 bridgehead atoms. The highest BCUT2D eigenvalue weighted by atomic mass is 35.5. The van der Waals surface area contributed by atoms with Crippen molar-refractivity contribution in [3.63, 3.8) is 0 Å². The third-order valence-corrected chi connectivity index (χ3v) is 6.45. The molecule has 2 atom stereocenters. The van der Waals surface area contributed by atoms with Gasteiger partial charge in [0.1, 0.15) is 5.75 Å². The van der Waals surface area contributed by atoms with E-state index in [0.29, 0.717) is 46.8 Å². The number of rotatable bonds is 6. The van der Waals surface area contributed by atoms with Gasteiger partial charge in [-0.25, -0.2) is 9.97 Å². The molecule has 2 saturated heterocycles. The molecule has 2 aliphatic rings. The monoisotopic (exact) mass is 482 g/mol. The summed E-state index contributed by atoms with van der Waals surface area (Å²) in [6.45, 7) is 5.36. The maximum atomic E-state index is 13.1. The number of morpholine rings is 1. The van der Waals surface area contributed by atoms with Crippen LogP contribution in [-0.2, 0) is 4.74 Å². The molecule has 2 aromatic heterocycles. The lowest BCUT2D eigenvalue weighted by atomic mass is 10.1. The van der Waals surface area contributed by atoms with Crippen molar-refractivity contribution < 1.29 is 14.3 Å². The third kappa shape index (κ3) is 4.45. The smallest absolute Gasteiger partial charge is 0.254 e. The van der Waals surface area contributed by atoms with Gasteiger partial charge in [-0.3, -0.25) is 9.48 Å². The minimum absolute atomic E-state index is 0.0164.